The van der Waals surface area contributed by atoms with E-state index >= 15 is 0 Å². The fraction of sp³-hybridized carbons (Fsp3) is 0.875. The summed E-state index contributed by atoms with van der Waals surface area (Å²) < 4.78 is 137. The van der Waals surface area contributed by atoms with Crippen molar-refractivity contribution < 1.29 is 48.3 Å². The van der Waals surface area contributed by atoms with Crippen molar-refractivity contribution in [1.82, 2.24) is 4.90 Å². The monoisotopic (exact) mass is 389 g/mol. The number of alkyl halides is 11. The SMILES string of the molecule is CN(C)C(=S)SC(F)(F)C(F)(F)C(F)(F)C(F)(F)C(F)(F)F. The van der Waals surface area contributed by atoms with Crippen molar-refractivity contribution in [2.75, 3.05) is 14.1 Å². The molecule has 22 heavy (non-hydrogen) atoms. The molecule has 0 rings (SSSR count). The minimum absolute atomic E-state index is 0.573. The third-order valence-electron chi connectivity index (χ3n) is 2.09. The Morgan fingerprint density at radius 3 is 1.36 bits per heavy atom. The van der Waals surface area contributed by atoms with Crippen LogP contribution in [-0.4, -0.2) is 52.5 Å². The first kappa shape index (κ1) is 21.5. The van der Waals surface area contributed by atoms with Gasteiger partial charge in [-0.15, -0.1) is 0 Å². The first-order chi connectivity index (χ1) is 9.33. The molecule has 0 aliphatic heterocycles. The first-order valence-electron chi connectivity index (χ1n) is 4.81. The molecule has 0 radical (unpaired) electrons. The maximum atomic E-state index is 13.1. The fourth-order valence-electron chi connectivity index (χ4n) is 0.823. The molecule has 0 atom stereocenters. The highest BCUT2D eigenvalue weighted by atomic mass is 32.2. The van der Waals surface area contributed by atoms with E-state index in [0.717, 1.165) is 14.1 Å². The van der Waals surface area contributed by atoms with Gasteiger partial charge in [-0.1, -0.05) is 12.2 Å². The second-order valence-electron chi connectivity index (χ2n) is 4.00. The normalized spacial score (nSPS) is 15.0. The van der Waals surface area contributed by atoms with Gasteiger partial charge in [-0.05, 0) is 11.8 Å². The lowest BCUT2D eigenvalue weighted by Crippen LogP contribution is -2.65. The minimum atomic E-state index is -7.41. The van der Waals surface area contributed by atoms with Crippen LogP contribution < -0.4 is 0 Å². The van der Waals surface area contributed by atoms with Gasteiger partial charge in [0, 0.05) is 14.1 Å². The summed E-state index contributed by atoms with van der Waals surface area (Å²) in [4.78, 5) is 0.573. The number of hydrogen-bond acceptors (Lipinski definition) is 2. The Morgan fingerprint density at radius 1 is 0.727 bits per heavy atom. The van der Waals surface area contributed by atoms with Crippen molar-refractivity contribution in [3.63, 3.8) is 0 Å². The summed E-state index contributed by atoms with van der Waals surface area (Å²) in [5.74, 6) is -21.8. The van der Waals surface area contributed by atoms with Crippen molar-refractivity contribution in [3.8, 4) is 0 Å². The van der Waals surface area contributed by atoms with Gasteiger partial charge in [0.05, 0.1) is 0 Å². The van der Waals surface area contributed by atoms with E-state index in [1.165, 1.54) is 0 Å². The Kier molecular flexibility index (Phi) is 5.69. The molecule has 132 valence electrons. The van der Waals surface area contributed by atoms with E-state index in [4.69, 9.17) is 0 Å². The third kappa shape index (κ3) is 3.36. The van der Waals surface area contributed by atoms with Crippen LogP contribution >= 0.6 is 24.0 Å². The van der Waals surface area contributed by atoms with Crippen molar-refractivity contribution in [2.45, 2.75) is 29.2 Å². The van der Waals surface area contributed by atoms with Crippen molar-refractivity contribution >= 4 is 28.3 Å². The number of nitrogens with zero attached hydrogens (tertiary/aromatic N) is 1. The molecule has 0 heterocycles. The van der Waals surface area contributed by atoms with E-state index in [-0.39, 0.29) is 0 Å². The third-order valence-corrected chi connectivity index (χ3v) is 3.76. The Balaban J connectivity index is 5.84. The maximum absolute atomic E-state index is 13.1. The summed E-state index contributed by atoms with van der Waals surface area (Å²) in [5, 5.41) is -6.02. The molecule has 0 fully saturated rings. The summed E-state index contributed by atoms with van der Waals surface area (Å²) >= 11 is 2.67. The van der Waals surface area contributed by atoms with Gasteiger partial charge >= 0.3 is 29.2 Å². The average Bonchev–Trinajstić information content (AvgIpc) is 2.25. The quantitative estimate of drug-likeness (QED) is 0.510. The number of thiocarbonyl (C=S) groups is 1. The maximum Gasteiger partial charge on any atom is 0.460 e. The van der Waals surface area contributed by atoms with Crippen LogP contribution in [0, 0.1) is 0 Å². The summed E-state index contributed by atoms with van der Waals surface area (Å²) in [6.07, 6.45) is -7.16. The van der Waals surface area contributed by atoms with E-state index in [9.17, 15) is 48.3 Å². The zero-order valence-electron chi connectivity index (χ0n) is 10.4. The molecule has 1 nitrogen and oxygen atoms in total. The largest absolute Gasteiger partial charge is 0.460 e. The van der Waals surface area contributed by atoms with Crippen LogP contribution in [0.1, 0.15) is 0 Å². The lowest BCUT2D eigenvalue weighted by atomic mass is 10.0. The smallest absolute Gasteiger partial charge is 0.363 e. The van der Waals surface area contributed by atoms with E-state index in [1.807, 2.05) is 0 Å². The molecule has 0 aromatic heterocycles. The fourth-order valence-corrected chi connectivity index (χ4v) is 1.80. The van der Waals surface area contributed by atoms with Gasteiger partial charge in [-0.2, -0.15) is 48.3 Å². The van der Waals surface area contributed by atoms with Crippen LogP contribution in [0.3, 0.4) is 0 Å². The van der Waals surface area contributed by atoms with Crippen LogP contribution in [0.15, 0.2) is 0 Å². The first-order valence-corrected chi connectivity index (χ1v) is 6.03. The Labute approximate surface area is 125 Å². The number of halogens is 11. The second kappa shape index (κ2) is 5.83. The van der Waals surface area contributed by atoms with E-state index in [0.29, 0.717) is 4.90 Å². The van der Waals surface area contributed by atoms with Gasteiger partial charge in [0.15, 0.2) is 0 Å². The molecule has 0 amide bonds. The van der Waals surface area contributed by atoms with Crippen LogP contribution in [0.4, 0.5) is 48.3 Å². The topological polar surface area (TPSA) is 3.24 Å². The summed E-state index contributed by atoms with van der Waals surface area (Å²) in [6, 6.07) is 0. The summed E-state index contributed by atoms with van der Waals surface area (Å²) in [7, 11) is 1.87. The minimum Gasteiger partial charge on any atom is -0.363 e. The second-order valence-corrected chi connectivity index (χ2v) is 5.75. The zero-order chi connectivity index (χ0) is 18.4. The molecular formula is C8H6F11NS2. The van der Waals surface area contributed by atoms with Crippen LogP contribution in [0.25, 0.3) is 0 Å². The van der Waals surface area contributed by atoms with Crippen LogP contribution in [0.2, 0.25) is 0 Å². The van der Waals surface area contributed by atoms with Crippen LogP contribution in [0.5, 0.6) is 0 Å². The predicted molar refractivity (Wildman–Crippen MR) is 59.7 cm³/mol. The van der Waals surface area contributed by atoms with Crippen molar-refractivity contribution in [2.24, 2.45) is 0 Å². The van der Waals surface area contributed by atoms with Gasteiger partial charge in [-0.25, -0.2) is 0 Å². The molecule has 0 aliphatic rings. The molecule has 0 saturated carbocycles. The Hall–Kier alpha value is -0.530. The van der Waals surface area contributed by atoms with E-state index in [2.05, 4.69) is 12.2 Å². The van der Waals surface area contributed by atoms with Crippen molar-refractivity contribution in [3.05, 3.63) is 0 Å². The molecular weight excluding hydrogens is 383 g/mol. The Bertz CT molecular complexity index is 428. The summed E-state index contributed by atoms with van der Waals surface area (Å²) in [5.41, 5.74) is 0. The molecule has 0 unspecified atom stereocenters. The molecule has 0 spiro atoms. The van der Waals surface area contributed by atoms with E-state index < -0.39 is 45.3 Å². The molecule has 0 aromatic carbocycles. The molecule has 0 N–H and O–H groups in total. The van der Waals surface area contributed by atoms with Gasteiger partial charge < -0.3 is 4.90 Å². The predicted octanol–water partition coefficient (Wildman–Crippen LogP) is 4.63. The Morgan fingerprint density at radius 2 is 1.09 bits per heavy atom. The highest BCUT2D eigenvalue weighted by molar-refractivity contribution is 8.23. The number of rotatable bonds is 4. The van der Waals surface area contributed by atoms with Gasteiger partial charge in [0.1, 0.15) is 4.32 Å². The van der Waals surface area contributed by atoms with Gasteiger partial charge in [0.2, 0.25) is 0 Å². The zero-order valence-corrected chi connectivity index (χ0v) is 12.1. The lowest BCUT2D eigenvalue weighted by Gasteiger charge is -2.37. The average molecular weight is 389 g/mol. The van der Waals surface area contributed by atoms with Crippen LogP contribution in [-0.2, 0) is 0 Å². The molecule has 0 bridgehead atoms. The highest BCUT2D eigenvalue weighted by Gasteiger charge is 2.87. The molecule has 14 heteroatoms. The highest BCUT2D eigenvalue weighted by Crippen LogP contribution is 2.59. The molecule has 0 aromatic rings. The van der Waals surface area contributed by atoms with Crippen molar-refractivity contribution in [1.29, 1.82) is 0 Å². The molecule has 0 saturated heterocycles. The number of hydrogen-bond donors (Lipinski definition) is 0. The standard InChI is InChI=1S/C8H6F11NS2/c1-20(2)3(21)22-8(18,19)6(13,14)4(9,10)5(11,12)7(15,16)17/h1-2H3. The molecule has 0 aliphatic carbocycles. The van der Waals surface area contributed by atoms with E-state index in [1.54, 1.807) is 0 Å². The van der Waals surface area contributed by atoms with Gasteiger partial charge in [-0.3, -0.25) is 0 Å². The summed E-state index contributed by atoms with van der Waals surface area (Å²) in [6.45, 7) is 0. The number of thioether (sulfide) groups is 1. The van der Waals surface area contributed by atoms with Gasteiger partial charge in [0.25, 0.3) is 0 Å². The lowest BCUT2D eigenvalue weighted by molar-refractivity contribution is -0.412.